The lowest BCUT2D eigenvalue weighted by atomic mass is 10.0. The number of halogens is 1. The van der Waals surface area contributed by atoms with Crippen molar-refractivity contribution in [1.29, 1.82) is 0 Å². The number of nitrogens with one attached hydrogen (secondary N) is 1. The predicted molar refractivity (Wildman–Crippen MR) is 151 cm³/mol. The van der Waals surface area contributed by atoms with Crippen molar-refractivity contribution in [3.8, 4) is 0 Å². The molecule has 6 nitrogen and oxygen atoms in total. The van der Waals surface area contributed by atoms with Crippen molar-refractivity contribution in [2.75, 3.05) is 39.4 Å². The molecule has 0 unspecified atom stereocenters. The Morgan fingerprint density at radius 3 is 2.16 bits per heavy atom. The van der Waals surface area contributed by atoms with Crippen LogP contribution < -0.4 is 5.32 Å². The van der Waals surface area contributed by atoms with Crippen molar-refractivity contribution in [1.82, 2.24) is 15.1 Å². The van der Waals surface area contributed by atoms with Crippen LogP contribution in [0.15, 0.2) is 84.9 Å². The Kier molecular flexibility index (Phi) is 10.7. The topological polar surface area (TPSA) is 61.9 Å². The summed E-state index contributed by atoms with van der Waals surface area (Å²) in [7, 11) is 0. The molecule has 3 aromatic carbocycles. The molecule has 7 heteroatoms. The maximum Gasteiger partial charge on any atom is 0.243 e. The molecule has 4 rings (SSSR count). The molecule has 1 aliphatic rings. The van der Waals surface area contributed by atoms with Crippen LogP contribution in [0.3, 0.4) is 0 Å². The van der Waals surface area contributed by atoms with E-state index in [1.165, 1.54) is 0 Å². The summed E-state index contributed by atoms with van der Waals surface area (Å²) >= 11 is 6.11. The first-order valence-corrected chi connectivity index (χ1v) is 13.7. The second-order valence-electron chi connectivity index (χ2n) is 9.58. The van der Waals surface area contributed by atoms with E-state index in [0.29, 0.717) is 37.4 Å². The summed E-state index contributed by atoms with van der Waals surface area (Å²) in [6, 6.07) is 26.7. The summed E-state index contributed by atoms with van der Waals surface area (Å²) in [6.45, 7) is 4.78. The average molecular weight is 534 g/mol. The Morgan fingerprint density at radius 1 is 0.868 bits per heavy atom. The lowest BCUT2D eigenvalue weighted by molar-refractivity contribution is -0.141. The van der Waals surface area contributed by atoms with Crippen molar-refractivity contribution in [3.05, 3.63) is 107 Å². The molecule has 0 bridgehead atoms. The minimum absolute atomic E-state index is 0.0481. The zero-order valence-corrected chi connectivity index (χ0v) is 22.5. The second-order valence-corrected chi connectivity index (χ2v) is 10.0. The summed E-state index contributed by atoms with van der Waals surface area (Å²) in [5, 5.41) is 3.75. The van der Waals surface area contributed by atoms with Gasteiger partial charge in [-0.3, -0.25) is 14.5 Å². The Hall–Kier alpha value is -3.19. The number of amides is 2. The summed E-state index contributed by atoms with van der Waals surface area (Å²) in [5.74, 6) is -0.183. The summed E-state index contributed by atoms with van der Waals surface area (Å²) in [6.07, 6.45) is 1.38. The highest BCUT2D eigenvalue weighted by atomic mass is 35.5. The fourth-order valence-electron chi connectivity index (χ4n) is 4.66. The number of hydrogen-bond donors (Lipinski definition) is 1. The van der Waals surface area contributed by atoms with Gasteiger partial charge in [0.25, 0.3) is 0 Å². The van der Waals surface area contributed by atoms with E-state index in [1.54, 1.807) is 4.90 Å². The third kappa shape index (κ3) is 8.69. The number of carbonyl (C=O) groups is 2. The van der Waals surface area contributed by atoms with E-state index in [2.05, 4.69) is 10.2 Å². The van der Waals surface area contributed by atoms with Crippen LogP contribution in [-0.2, 0) is 33.7 Å². The zero-order chi connectivity index (χ0) is 26.6. The zero-order valence-electron chi connectivity index (χ0n) is 21.7. The van der Waals surface area contributed by atoms with Crippen LogP contribution in [0.2, 0.25) is 5.02 Å². The highest BCUT2D eigenvalue weighted by Gasteiger charge is 2.30. The number of ether oxygens (including phenoxy) is 1. The molecule has 3 aromatic rings. The molecule has 1 fully saturated rings. The minimum atomic E-state index is -0.638. The van der Waals surface area contributed by atoms with Gasteiger partial charge in [-0.15, -0.1) is 0 Å². The van der Waals surface area contributed by atoms with Crippen molar-refractivity contribution < 1.29 is 14.3 Å². The minimum Gasteiger partial charge on any atom is -0.379 e. The van der Waals surface area contributed by atoms with Gasteiger partial charge in [0.05, 0.1) is 13.2 Å². The summed E-state index contributed by atoms with van der Waals surface area (Å²) < 4.78 is 5.43. The van der Waals surface area contributed by atoms with Crippen LogP contribution in [-0.4, -0.2) is 67.0 Å². The molecule has 1 aliphatic heterocycles. The number of morpholine rings is 1. The first-order chi connectivity index (χ1) is 18.6. The molecule has 0 radical (unpaired) electrons. The van der Waals surface area contributed by atoms with Gasteiger partial charge in [-0.05, 0) is 35.2 Å². The van der Waals surface area contributed by atoms with Gasteiger partial charge in [0.2, 0.25) is 11.8 Å². The Labute approximate surface area is 230 Å². The Balaban J connectivity index is 1.53. The van der Waals surface area contributed by atoms with Gasteiger partial charge in [-0.2, -0.15) is 0 Å². The van der Waals surface area contributed by atoms with Crippen LogP contribution in [0.25, 0.3) is 0 Å². The maximum atomic E-state index is 13.7. The predicted octanol–water partition coefficient (Wildman–Crippen LogP) is 4.36. The number of nitrogens with zero attached hydrogens (tertiary/aromatic N) is 2. The Morgan fingerprint density at radius 2 is 1.50 bits per heavy atom. The highest BCUT2D eigenvalue weighted by molar-refractivity contribution is 6.30. The first-order valence-electron chi connectivity index (χ1n) is 13.3. The van der Waals surface area contributed by atoms with Gasteiger partial charge in [0, 0.05) is 50.6 Å². The maximum absolute atomic E-state index is 13.7. The van der Waals surface area contributed by atoms with Crippen molar-refractivity contribution in [3.63, 3.8) is 0 Å². The molecule has 2 amide bonds. The second kappa shape index (κ2) is 14.7. The van der Waals surface area contributed by atoms with E-state index in [4.69, 9.17) is 16.3 Å². The quantitative estimate of drug-likeness (QED) is 0.376. The van der Waals surface area contributed by atoms with E-state index in [1.807, 2.05) is 84.9 Å². The van der Waals surface area contributed by atoms with E-state index in [0.717, 1.165) is 49.5 Å². The molecule has 0 aromatic heterocycles. The van der Waals surface area contributed by atoms with Crippen molar-refractivity contribution in [2.24, 2.45) is 0 Å². The van der Waals surface area contributed by atoms with E-state index in [9.17, 15) is 9.59 Å². The molecule has 1 N–H and O–H groups in total. The van der Waals surface area contributed by atoms with Gasteiger partial charge in [0.1, 0.15) is 6.04 Å². The lowest BCUT2D eigenvalue weighted by Gasteiger charge is -2.32. The van der Waals surface area contributed by atoms with Crippen LogP contribution in [0.1, 0.15) is 23.1 Å². The fourth-order valence-corrected chi connectivity index (χ4v) is 4.79. The van der Waals surface area contributed by atoms with Crippen molar-refractivity contribution in [2.45, 2.75) is 31.8 Å². The number of benzene rings is 3. The largest absolute Gasteiger partial charge is 0.379 e. The molecule has 0 spiro atoms. The van der Waals surface area contributed by atoms with Gasteiger partial charge >= 0.3 is 0 Å². The lowest BCUT2D eigenvalue weighted by Crippen LogP contribution is -2.52. The molecule has 1 atom stereocenters. The number of hydrogen-bond acceptors (Lipinski definition) is 4. The molecule has 1 saturated heterocycles. The van der Waals surface area contributed by atoms with Gasteiger partial charge in [-0.1, -0.05) is 84.4 Å². The fraction of sp³-hybridized carbons (Fsp3) is 0.355. The molecular weight excluding hydrogens is 498 g/mol. The normalized spacial score (nSPS) is 14.6. The molecular formula is C31H36ClN3O3. The SMILES string of the molecule is O=C(NCCN1CCOCC1)[C@@H](Cc1ccccc1)N(Cc1ccc(Cl)cc1)C(=O)CCc1ccccc1. The summed E-state index contributed by atoms with van der Waals surface area (Å²) in [4.78, 5) is 31.5. The van der Waals surface area contributed by atoms with E-state index in [-0.39, 0.29) is 11.8 Å². The number of carbonyl (C=O) groups excluding carboxylic acids is 2. The highest BCUT2D eigenvalue weighted by Crippen LogP contribution is 2.18. The molecule has 1 heterocycles. The van der Waals surface area contributed by atoms with Crippen molar-refractivity contribution >= 4 is 23.4 Å². The van der Waals surface area contributed by atoms with Gasteiger partial charge in [-0.25, -0.2) is 0 Å². The number of aryl methyl sites for hydroxylation is 1. The van der Waals surface area contributed by atoms with Crippen LogP contribution >= 0.6 is 11.6 Å². The average Bonchev–Trinajstić information content (AvgIpc) is 2.96. The standard InChI is InChI=1S/C31H36ClN3O3/c32-28-14-11-27(12-15-28)24-35(30(36)16-13-25-7-3-1-4-8-25)29(23-26-9-5-2-6-10-26)31(37)33-17-18-34-19-21-38-22-20-34/h1-12,14-15,29H,13,16-24H2,(H,33,37)/t29-/m1/s1. The third-order valence-electron chi connectivity index (χ3n) is 6.84. The molecule has 38 heavy (non-hydrogen) atoms. The van der Waals surface area contributed by atoms with E-state index >= 15 is 0 Å². The first kappa shape index (κ1) is 27.8. The molecule has 200 valence electrons. The smallest absolute Gasteiger partial charge is 0.243 e. The van der Waals surface area contributed by atoms with Crippen LogP contribution in [0, 0.1) is 0 Å². The Bertz CT molecular complexity index is 1140. The van der Waals surface area contributed by atoms with Gasteiger partial charge in [0.15, 0.2) is 0 Å². The molecule has 0 saturated carbocycles. The molecule has 0 aliphatic carbocycles. The number of rotatable bonds is 12. The van der Waals surface area contributed by atoms with E-state index < -0.39 is 6.04 Å². The third-order valence-corrected chi connectivity index (χ3v) is 7.09. The van der Waals surface area contributed by atoms with Crippen LogP contribution in [0.4, 0.5) is 0 Å². The van der Waals surface area contributed by atoms with Gasteiger partial charge < -0.3 is 15.0 Å². The monoisotopic (exact) mass is 533 g/mol. The van der Waals surface area contributed by atoms with Crippen LogP contribution in [0.5, 0.6) is 0 Å². The summed E-state index contributed by atoms with van der Waals surface area (Å²) in [5.41, 5.74) is 3.04.